The van der Waals surface area contributed by atoms with Crippen molar-refractivity contribution in [3.63, 3.8) is 0 Å². The van der Waals surface area contributed by atoms with E-state index in [1.165, 1.54) is 12.1 Å². The highest BCUT2D eigenvalue weighted by atomic mass is 32.2. The van der Waals surface area contributed by atoms with Gasteiger partial charge >= 0.3 is 0 Å². The van der Waals surface area contributed by atoms with Crippen LogP contribution in [0.5, 0.6) is 0 Å². The lowest BCUT2D eigenvalue weighted by Crippen LogP contribution is -2.48. The van der Waals surface area contributed by atoms with E-state index in [9.17, 15) is 21.6 Å². The summed E-state index contributed by atoms with van der Waals surface area (Å²) in [5, 5.41) is 0. The fraction of sp³-hybridized carbons (Fsp3) is 0.333. The van der Waals surface area contributed by atoms with Crippen LogP contribution >= 0.6 is 0 Å². The molecule has 1 aliphatic rings. The second kappa shape index (κ2) is 8.28. The van der Waals surface area contributed by atoms with Crippen molar-refractivity contribution in [2.24, 2.45) is 0 Å². The van der Waals surface area contributed by atoms with E-state index in [2.05, 4.69) is 14.5 Å². The van der Waals surface area contributed by atoms with E-state index in [0.29, 0.717) is 12.6 Å². The Labute approximate surface area is 156 Å². The molecule has 0 unspecified atom stereocenters. The highest BCUT2D eigenvalue weighted by Gasteiger charge is 2.19. The third-order valence-electron chi connectivity index (χ3n) is 4.49. The number of nitrogens with zero attached hydrogens (tertiary/aromatic N) is 2. The van der Waals surface area contributed by atoms with E-state index in [4.69, 9.17) is 0 Å². The van der Waals surface area contributed by atoms with E-state index < -0.39 is 21.7 Å². The normalized spacial score (nSPS) is 15.9. The lowest BCUT2D eigenvalue weighted by molar-refractivity contribution is 0.262. The average molecular weight is 399 g/mol. The SMILES string of the molecule is O=S(=O)(NCCN1CCN(c2ccc(F)cc2)CC1)c1ccc(F)c(F)c1. The summed E-state index contributed by atoms with van der Waals surface area (Å²) < 4.78 is 65.8. The Bertz CT molecular complexity index is 883. The average Bonchev–Trinajstić information content (AvgIpc) is 2.65. The molecule has 0 aliphatic carbocycles. The topological polar surface area (TPSA) is 52.7 Å². The Morgan fingerprint density at radius 3 is 2.19 bits per heavy atom. The molecule has 5 nitrogen and oxygen atoms in total. The molecule has 1 heterocycles. The van der Waals surface area contributed by atoms with Crippen LogP contribution in [0.3, 0.4) is 0 Å². The minimum atomic E-state index is -3.89. The van der Waals surface area contributed by atoms with Gasteiger partial charge in [-0.05, 0) is 42.5 Å². The zero-order valence-corrected chi connectivity index (χ0v) is 15.4. The maximum atomic E-state index is 13.2. The molecule has 0 aromatic heterocycles. The van der Waals surface area contributed by atoms with Crippen molar-refractivity contribution in [1.29, 1.82) is 0 Å². The van der Waals surface area contributed by atoms with Gasteiger partial charge in [-0.15, -0.1) is 0 Å². The second-order valence-corrected chi connectivity index (χ2v) is 8.05. The van der Waals surface area contributed by atoms with Crippen LogP contribution < -0.4 is 9.62 Å². The van der Waals surface area contributed by atoms with Crippen molar-refractivity contribution < 1.29 is 21.6 Å². The van der Waals surface area contributed by atoms with Gasteiger partial charge in [0.05, 0.1) is 4.90 Å². The molecule has 0 saturated carbocycles. The van der Waals surface area contributed by atoms with Crippen LogP contribution in [0.2, 0.25) is 0 Å². The Morgan fingerprint density at radius 1 is 0.889 bits per heavy atom. The standard InChI is InChI=1S/C18H20F3N3O2S/c19-14-1-3-15(4-2-14)24-11-9-23(10-12-24)8-7-22-27(25,26)16-5-6-17(20)18(21)13-16/h1-6,13,22H,7-12H2. The fourth-order valence-corrected chi connectivity index (χ4v) is 3.98. The summed E-state index contributed by atoms with van der Waals surface area (Å²) >= 11 is 0. The first-order chi connectivity index (χ1) is 12.8. The summed E-state index contributed by atoms with van der Waals surface area (Å²) in [5.41, 5.74) is 0.954. The van der Waals surface area contributed by atoms with Crippen molar-refractivity contribution in [2.75, 3.05) is 44.2 Å². The Balaban J connectivity index is 1.47. The van der Waals surface area contributed by atoms with E-state index in [0.717, 1.165) is 44.0 Å². The number of sulfonamides is 1. The van der Waals surface area contributed by atoms with Crippen molar-refractivity contribution in [3.05, 3.63) is 59.9 Å². The maximum absolute atomic E-state index is 13.2. The Morgan fingerprint density at radius 2 is 1.56 bits per heavy atom. The van der Waals surface area contributed by atoms with Gasteiger partial charge in [0.1, 0.15) is 5.82 Å². The summed E-state index contributed by atoms with van der Waals surface area (Å²) in [7, 11) is -3.89. The van der Waals surface area contributed by atoms with Crippen molar-refractivity contribution >= 4 is 15.7 Å². The van der Waals surface area contributed by atoms with Gasteiger partial charge in [-0.3, -0.25) is 4.90 Å². The van der Waals surface area contributed by atoms with Crippen LogP contribution in [-0.4, -0.2) is 52.6 Å². The van der Waals surface area contributed by atoms with E-state index >= 15 is 0 Å². The molecule has 9 heteroatoms. The van der Waals surface area contributed by atoms with Crippen LogP contribution in [0.1, 0.15) is 0 Å². The number of hydrogen-bond donors (Lipinski definition) is 1. The molecule has 0 atom stereocenters. The number of piperazine rings is 1. The molecule has 0 spiro atoms. The fourth-order valence-electron chi connectivity index (χ4n) is 2.95. The van der Waals surface area contributed by atoms with Gasteiger partial charge in [-0.2, -0.15) is 0 Å². The first kappa shape index (κ1) is 19.7. The minimum Gasteiger partial charge on any atom is -0.369 e. The summed E-state index contributed by atoms with van der Waals surface area (Å²) in [6, 6.07) is 8.81. The van der Waals surface area contributed by atoms with Gasteiger partial charge in [-0.1, -0.05) is 0 Å². The molecule has 1 fully saturated rings. The summed E-state index contributed by atoms with van der Waals surface area (Å²) in [4.78, 5) is 3.94. The molecular formula is C18H20F3N3O2S. The second-order valence-electron chi connectivity index (χ2n) is 6.28. The Hall–Kier alpha value is -2.10. The number of hydrogen-bond acceptors (Lipinski definition) is 4. The number of halogens is 3. The molecule has 1 N–H and O–H groups in total. The summed E-state index contributed by atoms with van der Waals surface area (Å²) in [6.07, 6.45) is 0. The molecule has 27 heavy (non-hydrogen) atoms. The molecule has 0 radical (unpaired) electrons. The Kier molecular flexibility index (Phi) is 6.03. The molecule has 0 amide bonds. The quantitative estimate of drug-likeness (QED) is 0.809. The lowest BCUT2D eigenvalue weighted by atomic mass is 10.2. The molecule has 2 aromatic rings. The third kappa shape index (κ3) is 5.00. The predicted molar refractivity (Wildman–Crippen MR) is 96.6 cm³/mol. The highest BCUT2D eigenvalue weighted by Crippen LogP contribution is 2.17. The van der Waals surface area contributed by atoms with Gasteiger partial charge in [-0.25, -0.2) is 26.3 Å². The number of anilines is 1. The zero-order valence-electron chi connectivity index (χ0n) is 14.5. The van der Waals surface area contributed by atoms with Gasteiger partial charge in [0.15, 0.2) is 11.6 Å². The van der Waals surface area contributed by atoms with Crippen LogP contribution in [0, 0.1) is 17.5 Å². The number of nitrogens with one attached hydrogen (secondary N) is 1. The highest BCUT2D eigenvalue weighted by molar-refractivity contribution is 7.89. The van der Waals surface area contributed by atoms with Crippen molar-refractivity contribution in [2.45, 2.75) is 4.90 Å². The number of benzene rings is 2. The van der Waals surface area contributed by atoms with Crippen molar-refractivity contribution in [3.8, 4) is 0 Å². The van der Waals surface area contributed by atoms with E-state index in [1.54, 1.807) is 12.1 Å². The van der Waals surface area contributed by atoms with Gasteiger partial charge in [0.25, 0.3) is 0 Å². The summed E-state index contributed by atoms with van der Waals surface area (Å²) in [5.74, 6) is -2.56. The molecule has 3 rings (SSSR count). The zero-order chi connectivity index (χ0) is 19.4. The first-order valence-electron chi connectivity index (χ1n) is 8.53. The van der Waals surface area contributed by atoms with Crippen LogP contribution in [-0.2, 0) is 10.0 Å². The van der Waals surface area contributed by atoms with Gasteiger partial charge in [0, 0.05) is 45.0 Å². The molecule has 1 saturated heterocycles. The van der Waals surface area contributed by atoms with Crippen molar-refractivity contribution in [1.82, 2.24) is 9.62 Å². The summed E-state index contributed by atoms with van der Waals surface area (Å²) in [6.45, 7) is 3.65. The molecule has 146 valence electrons. The molecule has 0 bridgehead atoms. The van der Waals surface area contributed by atoms with Crippen LogP contribution in [0.25, 0.3) is 0 Å². The molecule has 1 aliphatic heterocycles. The molecule has 2 aromatic carbocycles. The van der Waals surface area contributed by atoms with Gasteiger partial charge < -0.3 is 4.90 Å². The van der Waals surface area contributed by atoms with E-state index in [1.807, 2.05) is 0 Å². The largest absolute Gasteiger partial charge is 0.369 e. The molecular weight excluding hydrogens is 379 g/mol. The minimum absolute atomic E-state index is 0.165. The predicted octanol–water partition coefficient (Wildman–Crippen LogP) is 2.20. The lowest BCUT2D eigenvalue weighted by Gasteiger charge is -2.36. The monoisotopic (exact) mass is 399 g/mol. The maximum Gasteiger partial charge on any atom is 0.240 e. The van der Waals surface area contributed by atoms with Crippen LogP contribution in [0.4, 0.5) is 18.9 Å². The third-order valence-corrected chi connectivity index (χ3v) is 5.94. The van der Waals surface area contributed by atoms with E-state index in [-0.39, 0.29) is 17.3 Å². The van der Waals surface area contributed by atoms with Crippen LogP contribution in [0.15, 0.2) is 47.4 Å². The smallest absolute Gasteiger partial charge is 0.240 e. The van der Waals surface area contributed by atoms with Gasteiger partial charge in [0.2, 0.25) is 10.0 Å². The number of rotatable bonds is 6. The first-order valence-corrected chi connectivity index (χ1v) is 10.0.